The van der Waals surface area contributed by atoms with E-state index < -0.39 is 0 Å². The van der Waals surface area contributed by atoms with E-state index >= 15 is 0 Å². The monoisotopic (exact) mass is 241 g/mol. The van der Waals surface area contributed by atoms with Crippen molar-refractivity contribution in [3.05, 3.63) is 0 Å². The number of carbonyl (C=O) groups is 1. The van der Waals surface area contributed by atoms with Gasteiger partial charge in [0, 0.05) is 13.1 Å². The molecule has 100 valence electrons. The Hall–Kier alpha value is -0.570. The molecule has 1 fully saturated rings. The first kappa shape index (κ1) is 14.5. The van der Waals surface area contributed by atoms with Gasteiger partial charge < -0.3 is 9.64 Å². The molecule has 1 saturated carbocycles. The van der Waals surface area contributed by atoms with Gasteiger partial charge >= 0.3 is 0 Å². The van der Waals surface area contributed by atoms with Gasteiger partial charge in [-0.15, -0.1) is 0 Å². The number of hydrogen-bond donors (Lipinski definition) is 0. The molecule has 0 aliphatic heterocycles. The van der Waals surface area contributed by atoms with E-state index in [1.165, 1.54) is 19.3 Å². The third-order valence-electron chi connectivity index (χ3n) is 3.33. The minimum atomic E-state index is 0.166. The SMILES string of the molecule is CCCN(CCC)C(=O)COC1CCCCC1. The Morgan fingerprint density at radius 3 is 2.24 bits per heavy atom. The molecule has 0 heterocycles. The lowest BCUT2D eigenvalue weighted by molar-refractivity contribution is -0.138. The first-order chi connectivity index (χ1) is 8.27. The Morgan fingerprint density at radius 2 is 1.71 bits per heavy atom. The van der Waals surface area contributed by atoms with Crippen LogP contribution in [-0.2, 0) is 9.53 Å². The molecule has 3 heteroatoms. The molecule has 1 aliphatic carbocycles. The first-order valence-electron chi connectivity index (χ1n) is 7.17. The van der Waals surface area contributed by atoms with Crippen LogP contribution in [0.2, 0.25) is 0 Å². The van der Waals surface area contributed by atoms with Crippen LogP contribution in [-0.4, -0.2) is 36.6 Å². The van der Waals surface area contributed by atoms with E-state index in [0.717, 1.165) is 38.8 Å². The fourth-order valence-electron chi connectivity index (χ4n) is 2.41. The standard InChI is InChI=1S/C14H27NO2/c1-3-10-15(11-4-2)14(16)12-17-13-8-6-5-7-9-13/h13H,3-12H2,1-2H3. The zero-order valence-electron chi connectivity index (χ0n) is 11.4. The Bertz CT molecular complexity index is 206. The summed E-state index contributed by atoms with van der Waals surface area (Å²) in [4.78, 5) is 13.9. The smallest absolute Gasteiger partial charge is 0.248 e. The maximum absolute atomic E-state index is 12.0. The van der Waals surface area contributed by atoms with Gasteiger partial charge in [-0.3, -0.25) is 4.79 Å². The lowest BCUT2D eigenvalue weighted by Gasteiger charge is -2.25. The molecule has 0 radical (unpaired) electrons. The minimum Gasteiger partial charge on any atom is -0.368 e. The Kier molecular flexibility index (Phi) is 7.25. The zero-order valence-corrected chi connectivity index (χ0v) is 11.4. The molecular formula is C14H27NO2. The second-order valence-electron chi connectivity index (χ2n) is 4.95. The largest absolute Gasteiger partial charge is 0.368 e. The second-order valence-corrected chi connectivity index (χ2v) is 4.95. The highest BCUT2D eigenvalue weighted by molar-refractivity contribution is 5.77. The van der Waals surface area contributed by atoms with Crippen molar-refractivity contribution in [2.75, 3.05) is 19.7 Å². The Morgan fingerprint density at radius 1 is 1.12 bits per heavy atom. The number of hydrogen-bond acceptors (Lipinski definition) is 2. The minimum absolute atomic E-state index is 0.166. The normalized spacial score (nSPS) is 17.1. The van der Waals surface area contributed by atoms with E-state index in [2.05, 4.69) is 13.8 Å². The quantitative estimate of drug-likeness (QED) is 0.686. The van der Waals surface area contributed by atoms with Crippen molar-refractivity contribution in [3.8, 4) is 0 Å². The summed E-state index contributed by atoms with van der Waals surface area (Å²) in [7, 11) is 0. The van der Waals surface area contributed by atoms with Gasteiger partial charge in [0.05, 0.1) is 6.10 Å². The van der Waals surface area contributed by atoms with Gasteiger partial charge in [0.25, 0.3) is 0 Å². The number of amides is 1. The van der Waals surface area contributed by atoms with Crippen LogP contribution in [0.3, 0.4) is 0 Å². The molecule has 1 rings (SSSR count). The van der Waals surface area contributed by atoms with Crippen LogP contribution in [0.15, 0.2) is 0 Å². The summed E-state index contributed by atoms with van der Waals surface area (Å²) < 4.78 is 5.73. The lowest BCUT2D eigenvalue weighted by Crippen LogP contribution is -2.36. The molecule has 0 bridgehead atoms. The van der Waals surface area contributed by atoms with Crippen LogP contribution in [0.5, 0.6) is 0 Å². The van der Waals surface area contributed by atoms with Gasteiger partial charge in [0.1, 0.15) is 6.61 Å². The molecule has 0 aromatic heterocycles. The van der Waals surface area contributed by atoms with Crippen LogP contribution < -0.4 is 0 Å². The van der Waals surface area contributed by atoms with Crippen molar-refractivity contribution in [2.24, 2.45) is 0 Å². The zero-order chi connectivity index (χ0) is 12.5. The van der Waals surface area contributed by atoms with Crippen LogP contribution in [0.25, 0.3) is 0 Å². The van der Waals surface area contributed by atoms with Gasteiger partial charge in [-0.25, -0.2) is 0 Å². The van der Waals surface area contributed by atoms with Crippen LogP contribution in [0.4, 0.5) is 0 Å². The summed E-state index contributed by atoms with van der Waals surface area (Å²) in [5.41, 5.74) is 0. The maximum atomic E-state index is 12.0. The van der Waals surface area contributed by atoms with Gasteiger partial charge in [-0.1, -0.05) is 33.1 Å². The molecule has 0 aromatic carbocycles. The fourth-order valence-corrected chi connectivity index (χ4v) is 2.41. The molecule has 3 nitrogen and oxygen atoms in total. The maximum Gasteiger partial charge on any atom is 0.248 e. The number of ether oxygens (including phenoxy) is 1. The Balaban J connectivity index is 2.25. The molecule has 0 saturated heterocycles. The summed E-state index contributed by atoms with van der Waals surface area (Å²) >= 11 is 0. The van der Waals surface area contributed by atoms with E-state index in [-0.39, 0.29) is 12.5 Å². The molecule has 0 spiro atoms. The molecule has 1 amide bonds. The predicted molar refractivity (Wildman–Crippen MR) is 70.0 cm³/mol. The average Bonchev–Trinajstić information content (AvgIpc) is 2.37. The van der Waals surface area contributed by atoms with Gasteiger partial charge in [0.2, 0.25) is 5.91 Å². The number of carbonyl (C=O) groups excluding carboxylic acids is 1. The summed E-state index contributed by atoms with van der Waals surface area (Å²) in [5, 5.41) is 0. The van der Waals surface area contributed by atoms with E-state index in [4.69, 9.17) is 4.74 Å². The van der Waals surface area contributed by atoms with Crippen molar-refractivity contribution < 1.29 is 9.53 Å². The van der Waals surface area contributed by atoms with Crippen LogP contribution in [0.1, 0.15) is 58.8 Å². The lowest BCUT2D eigenvalue weighted by atomic mass is 9.98. The molecule has 17 heavy (non-hydrogen) atoms. The van der Waals surface area contributed by atoms with E-state index in [9.17, 15) is 4.79 Å². The summed E-state index contributed by atoms with van der Waals surface area (Å²) in [6.07, 6.45) is 8.48. The molecule has 0 aromatic rings. The molecule has 0 unspecified atom stereocenters. The predicted octanol–water partition coefficient (Wildman–Crippen LogP) is 2.98. The van der Waals surface area contributed by atoms with Crippen LogP contribution >= 0.6 is 0 Å². The fraction of sp³-hybridized carbons (Fsp3) is 0.929. The van der Waals surface area contributed by atoms with Gasteiger partial charge in [0.15, 0.2) is 0 Å². The molecule has 0 atom stereocenters. The summed E-state index contributed by atoms with van der Waals surface area (Å²) in [6.45, 7) is 6.22. The summed E-state index contributed by atoms with van der Waals surface area (Å²) in [5.74, 6) is 0.166. The highest BCUT2D eigenvalue weighted by atomic mass is 16.5. The van der Waals surface area contributed by atoms with Crippen molar-refractivity contribution in [1.29, 1.82) is 0 Å². The number of nitrogens with zero attached hydrogens (tertiary/aromatic N) is 1. The van der Waals surface area contributed by atoms with Crippen LogP contribution in [0, 0.1) is 0 Å². The van der Waals surface area contributed by atoms with Gasteiger partial charge in [-0.2, -0.15) is 0 Å². The van der Waals surface area contributed by atoms with Crippen molar-refractivity contribution in [1.82, 2.24) is 4.90 Å². The first-order valence-corrected chi connectivity index (χ1v) is 7.17. The molecule has 0 N–H and O–H groups in total. The number of rotatable bonds is 7. The Labute approximate surface area is 106 Å². The van der Waals surface area contributed by atoms with Crippen molar-refractivity contribution in [3.63, 3.8) is 0 Å². The highest BCUT2D eigenvalue weighted by Crippen LogP contribution is 2.20. The third-order valence-corrected chi connectivity index (χ3v) is 3.33. The van der Waals surface area contributed by atoms with Crippen molar-refractivity contribution in [2.45, 2.75) is 64.9 Å². The third kappa shape index (κ3) is 5.53. The molecule has 1 aliphatic rings. The van der Waals surface area contributed by atoms with E-state index in [1.54, 1.807) is 0 Å². The van der Waals surface area contributed by atoms with E-state index in [0.29, 0.717) is 6.10 Å². The highest BCUT2D eigenvalue weighted by Gasteiger charge is 2.17. The molecular weight excluding hydrogens is 214 g/mol. The van der Waals surface area contributed by atoms with Crippen molar-refractivity contribution >= 4 is 5.91 Å². The average molecular weight is 241 g/mol. The summed E-state index contributed by atoms with van der Waals surface area (Å²) in [6, 6.07) is 0. The van der Waals surface area contributed by atoms with Gasteiger partial charge in [-0.05, 0) is 25.7 Å². The van der Waals surface area contributed by atoms with E-state index in [1.807, 2.05) is 4.90 Å². The topological polar surface area (TPSA) is 29.5 Å². The second kappa shape index (κ2) is 8.51.